The van der Waals surface area contributed by atoms with E-state index in [0.29, 0.717) is 31.6 Å². The number of benzene rings is 1. The van der Waals surface area contributed by atoms with Crippen molar-refractivity contribution in [3.63, 3.8) is 0 Å². The highest BCUT2D eigenvalue weighted by Crippen LogP contribution is 2.39. The number of nitrogens with zero attached hydrogens (tertiary/aromatic N) is 1. The zero-order valence-corrected chi connectivity index (χ0v) is 13.5. The molecule has 1 saturated heterocycles. The van der Waals surface area contributed by atoms with E-state index in [1.807, 2.05) is 0 Å². The molecule has 0 bridgehead atoms. The van der Waals surface area contributed by atoms with Gasteiger partial charge in [-0.25, -0.2) is 8.42 Å². The van der Waals surface area contributed by atoms with Gasteiger partial charge in [-0.15, -0.1) is 0 Å². The minimum Gasteiger partial charge on any atom is -0.318 e. The van der Waals surface area contributed by atoms with Crippen LogP contribution in [0.1, 0.15) is 47.2 Å². The van der Waals surface area contributed by atoms with Crippen molar-refractivity contribution in [1.29, 1.82) is 0 Å². The van der Waals surface area contributed by atoms with Gasteiger partial charge in [-0.2, -0.15) is 4.31 Å². The number of Topliss-reactive ketones (excluding diaryl/α,β-unsaturated/α-hetero) is 1. The maximum atomic E-state index is 13.0. The highest BCUT2D eigenvalue weighted by molar-refractivity contribution is 7.89. The first-order valence-electron chi connectivity index (χ1n) is 8.05. The summed E-state index contributed by atoms with van der Waals surface area (Å²) in [4.78, 5) is 24.0. The van der Waals surface area contributed by atoms with Crippen molar-refractivity contribution in [3.05, 3.63) is 22.8 Å². The van der Waals surface area contributed by atoms with Crippen molar-refractivity contribution >= 4 is 27.4 Å². The number of nitrogens with one attached hydrogen (secondary N) is 1. The fraction of sp³-hybridized carbons (Fsp3) is 0.500. The fourth-order valence-electron chi connectivity index (χ4n) is 3.82. The standard InChI is InChI=1S/C16H18N2O4S/c19-15-12-9-13(23(21,22)18-7-3-4-8-18)10-5-1-2-6-11(10)14(12)17-16(15)20/h9H,1-8H2,(H,17,19,20). The fourth-order valence-corrected chi connectivity index (χ4v) is 5.64. The minimum absolute atomic E-state index is 0.216. The summed E-state index contributed by atoms with van der Waals surface area (Å²) in [6, 6.07) is 1.42. The Hall–Kier alpha value is -1.73. The Kier molecular flexibility index (Phi) is 3.32. The van der Waals surface area contributed by atoms with E-state index in [1.165, 1.54) is 10.4 Å². The van der Waals surface area contributed by atoms with E-state index < -0.39 is 21.7 Å². The molecule has 1 aromatic rings. The van der Waals surface area contributed by atoms with Crippen molar-refractivity contribution in [2.24, 2.45) is 0 Å². The smallest absolute Gasteiger partial charge is 0.296 e. The normalized spacial score (nSPS) is 21.2. The average Bonchev–Trinajstić information content (AvgIpc) is 3.17. The van der Waals surface area contributed by atoms with Crippen molar-refractivity contribution in [3.8, 4) is 0 Å². The van der Waals surface area contributed by atoms with Crippen LogP contribution < -0.4 is 5.32 Å². The third-order valence-corrected chi connectivity index (χ3v) is 6.95. The Morgan fingerprint density at radius 3 is 2.30 bits per heavy atom. The van der Waals surface area contributed by atoms with Crippen LogP contribution in [0.5, 0.6) is 0 Å². The van der Waals surface area contributed by atoms with Gasteiger partial charge >= 0.3 is 0 Å². The lowest BCUT2D eigenvalue weighted by Gasteiger charge is -2.24. The first-order valence-corrected chi connectivity index (χ1v) is 9.49. The van der Waals surface area contributed by atoms with Crippen molar-refractivity contribution in [1.82, 2.24) is 4.31 Å². The van der Waals surface area contributed by atoms with Gasteiger partial charge in [-0.3, -0.25) is 9.59 Å². The molecule has 122 valence electrons. The van der Waals surface area contributed by atoms with Crippen molar-refractivity contribution in [2.45, 2.75) is 43.4 Å². The Labute approximate surface area is 134 Å². The van der Waals surface area contributed by atoms with E-state index in [9.17, 15) is 18.0 Å². The molecule has 1 amide bonds. The van der Waals surface area contributed by atoms with E-state index >= 15 is 0 Å². The number of amides is 1. The molecule has 0 unspecified atom stereocenters. The van der Waals surface area contributed by atoms with Crippen LogP contribution in [0.15, 0.2) is 11.0 Å². The topological polar surface area (TPSA) is 83.6 Å². The summed E-state index contributed by atoms with van der Waals surface area (Å²) in [6.07, 6.45) is 4.98. The van der Waals surface area contributed by atoms with E-state index in [4.69, 9.17) is 0 Å². The number of carbonyl (C=O) groups excluding carboxylic acids is 2. The lowest BCUT2D eigenvalue weighted by Crippen LogP contribution is -2.29. The van der Waals surface area contributed by atoms with E-state index in [2.05, 4.69) is 5.32 Å². The van der Waals surface area contributed by atoms with Crippen LogP contribution >= 0.6 is 0 Å². The molecule has 0 aromatic heterocycles. The minimum atomic E-state index is -3.60. The third-order valence-electron chi connectivity index (χ3n) is 4.98. The van der Waals surface area contributed by atoms with Gasteiger partial charge in [-0.05, 0) is 55.7 Å². The Morgan fingerprint density at radius 1 is 0.957 bits per heavy atom. The van der Waals surface area contributed by atoms with Crippen LogP contribution in [-0.2, 0) is 27.7 Å². The monoisotopic (exact) mass is 334 g/mol. The third kappa shape index (κ3) is 2.14. The van der Waals surface area contributed by atoms with Crippen LogP contribution in [0.25, 0.3) is 0 Å². The predicted octanol–water partition coefficient (Wildman–Crippen LogP) is 1.48. The summed E-state index contributed by atoms with van der Waals surface area (Å²) in [5.41, 5.74) is 2.38. The molecule has 6 nitrogen and oxygen atoms in total. The number of hydrogen-bond donors (Lipinski definition) is 1. The maximum Gasteiger partial charge on any atom is 0.296 e. The molecule has 7 heteroatoms. The van der Waals surface area contributed by atoms with Crippen molar-refractivity contribution in [2.75, 3.05) is 18.4 Å². The van der Waals surface area contributed by atoms with Gasteiger partial charge in [0.1, 0.15) is 0 Å². The molecule has 1 aliphatic carbocycles. The zero-order valence-electron chi connectivity index (χ0n) is 12.7. The lowest BCUT2D eigenvalue weighted by molar-refractivity contribution is -0.112. The van der Waals surface area contributed by atoms with Crippen LogP contribution in [-0.4, -0.2) is 37.5 Å². The molecule has 23 heavy (non-hydrogen) atoms. The molecule has 1 fully saturated rings. The predicted molar refractivity (Wildman–Crippen MR) is 84.0 cm³/mol. The molecule has 1 N–H and O–H groups in total. The number of sulfonamides is 1. The number of anilines is 1. The quantitative estimate of drug-likeness (QED) is 0.831. The summed E-state index contributed by atoms with van der Waals surface area (Å²) in [5.74, 6) is -1.30. The van der Waals surface area contributed by atoms with Crippen molar-refractivity contribution < 1.29 is 18.0 Å². The highest BCUT2D eigenvalue weighted by atomic mass is 32.2. The SMILES string of the molecule is O=C1Nc2c(cc(S(=O)(=O)N3CCCC3)c3c2CCCC3)C1=O. The molecule has 1 aromatic carbocycles. The Bertz CT molecular complexity index is 823. The van der Waals surface area contributed by atoms with Gasteiger partial charge in [0, 0.05) is 13.1 Å². The molecule has 2 heterocycles. The second-order valence-corrected chi connectivity index (χ2v) is 8.26. The molecule has 0 atom stereocenters. The highest BCUT2D eigenvalue weighted by Gasteiger charge is 2.37. The van der Waals surface area contributed by atoms with E-state index in [1.54, 1.807) is 0 Å². The number of carbonyl (C=O) groups is 2. The van der Waals surface area contributed by atoms with E-state index in [-0.39, 0.29) is 10.5 Å². The van der Waals surface area contributed by atoms with Gasteiger partial charge < -0.3 is 5.32 Å². The summed E-state index contributed by atoms with van der Waals surface area (Å²) < 4.78 is 27.5. The van der Waals surface area contributed by atoms with Gasteiger partial charge in [-0.1, -0.05) is 0 Å². The number of rotatable bonds is 2. The number of fused-ring (bicyclic) bond motifs is 3. The molecular weight excluding hydrogens is 316 g/mol. The molecule has 0 spiro atoms. The molecule has 0 radical (unpaired) electrons. The molecule has 2 aliphatic heterocycles. The second kappa shape index (κ2) is 5.14. The summed E-state index contributed by atoms with van der Waals surface area (Å²) >= 11 is 0. The maximum absolute atomic E-state index is 13.0. The second-order valence-electron chi connectivity index (χ2n) is 6.36. The zero-order chi connectivity index (χ0) is 16.2. The average molecular weight is 334 g/mol. The van der Waals surface area contributed by atoms with Crippen LogP contribution in [0.4, 0.5) is 5.69 Å². The largest absolute Gasteiger partial charge is 0.318 e. The molecule has 4 rings (SSSR count). The van der Waals surface area contributed by atoms with Gasteiger partial charge in [0.05, 0.1) is 16.1 Å². The van der Waals surface area contributed by atoms with Gasteiger partial charge in [0.2, 0.25) is 10.0 Å². The van der Waals surface area contributed by atoms with Crippen LogP contribution in [0.3, 0.4) is 0 Å². The number of ketones is 1. The van der Waals surface area contributed by atoms with Gasteiger partial charge in [0.15, 0.2) is 0 Å². The van der Waals surface area contributed by atoms with Crippen LogP contribution in [0.2, 0.25) is 0 Å². The lowest BCUT2D eigenvalue weighted by atomic mass is 9.88. The first-order chi connectivity index (χ1) is 11.0. The Balaban J connectivity index is 1.94. The summed E-state index contributed by atoms with van der Waals surface area (Å²) in [6.45, 7) is 1.05. The number of hydrogen-bond acceptors (Lipinski definition) is 4. The summed E-state index contributed by atoms with van der Waals surface area (Å²) in [7, 11) is -3.60. The Morgan fingerprint density at radius 2 is 1.61 bits per heavy atom. The molecule has 3 aliphatic rings. The molecule has 0 saturated carbocycles. The summed E-state index contributed by atoms with van der Waals surface area (Å²) in [5, 5.41) is 2.63. The van der Waals surface area contributed by atoms with Crippen LogP contribution in [0, 0.1) is 0 Å². The van der Waals surface area contributed by atoms with E-state index in [0.717, 1.165) is 36.8 Å². The first kappa shape index (κ1) is 14.8. The molecular formula is C16H18N2O4S. The van der Waals surface area contributed by atoms with Gasteiger partial charge in [0.25, 0.3) is 11.7 Å².